The zero-order chi connectivity index (χ0) is 66.3. The van der Waals surface area contributed by atoms with E-state index in [1.54, 1.807) is 0 Å². The van der Waals surface area contributed by atoms with Gasteiger partial charge in [-0.25, -0.2) is 0 Å². The summed E-state index contributed by atoms with van der Waals surface area (Å²) in [4.78, 5) is 5.05. The molecule has 0 bridgehead atoms. The molecule has 0 N–H and O–H groups in total. The zero-order valence-corrected chi connectivity index (χ0v) is 51.8. The van der Waals surface area contributed by atoms with Crippen LogP contribution in [0.1, 0.15) is 55.4 Å². The largest absolute Gasteiger partial charge is 0.311 e. The topological polar surface area (TPSA) is 11.4 Å². The summed E-state index contributed by atoms with van der Waals surface area (Å²) in [6, 6.07) is 109. The van der Waals surface area contributed by atoms with Crippen LogP contribution in [0.3, 0.4) is 0 Å². The van der Waals surface area contributed by atoms with Crippen molar-refractivity contribution in [2.75, 3.05) is 9.80 Å². The molecule has 93 heavy (non-hydrogen) atoms. The second-order valence-electron chi connectivity index (χ2n) is 25.9. The predicted molar refractivity (Wildman–Crippen MR) is 393 cm³/mol. The Bertz CT molecular complexity index is 5570. The number of anilines is 6. The Morgan fingerprint density at radius 1 is 0.355 bits per heavy atom. The fraction of sp³-hybridized carbons (Fsp3) is 0.0562. The van der Waals surface area contributed by atoms with Gasteiger partial charge in [0.25, 0.3) is 6.71 Å². The second kappa shape index (κ2) is 21.3. The highest BCUT2D eigenvalue weighted by Crippen LogP contribution is 2.60. The summed E-state index contributed by atoms with van der Waals surface area (Å²) in [5.74, 6) is 0. The first kappa shape index (κ1) is 49.3. The van der Waals surface area contributed by atoms with Crippen LogP contribution in [0.4, 0.5) is 34.1 Å². The quantitative estimate of drug-likeness (QED) is 0.133. The van der Waals surface area contributed by atoms with Crippen molar-refractivity contribution < 1.29 is 6.85 Å². The van der Waals surface area contributed by atoms with Gasteiger partial charge in [0.2, 0.25) is 0 Å². The molecule has 0 spiro atoms. The lowest BCUT2D eigenvalue weighted by molar-refractivity contribution is 0.591. The van der Waals surface area contributed by atoms with Crippen LogP contribution in [0.5, 0.6) is 0 Å². The Hall–Kier alpha value is -11.5. The maximum absolute atomic E-state index is 9.19. The standard InChI is InChI=1S/C89H64BN3/c1-88(2,3)66-49-54-81-78(57-66)90-77-53-52-68(92-79-45-23-20-38-73(79)74-39-21-24-46-80(74)92)58-82(77)91(67-50-47-60(48-51-67)59-27-9-4-10-28-59)83-55-63(56-84(86(83)90)93(81)87-70(61-29-11-5-12-30-61)41-26-42-71(87)62-31-13-6-14-32-62)69-40-25-43-75-72-37-19-22-44-76(72)89(85(69)75,64-33-15-7-16-34-64)65-35-17-8-18-36-65/h4-58H,1-3H3/i4D,9D,10D,27D,28D. The van der Waals surface area contributed by atoms with Crippen LogP contribution in [0, 0.1) is 0 Å². The molecule has 3 heterocycles. The minimum Gasteiger partial charge on any atom is -0.311 e. The van der Waals surface area contributed by atoms with E-state index in [4.69, 9.17) is 4.11 Å². The molecule has 15 aromatic rings. The van der Waals surface area contributed by atoms with Crippen molar-refractivity contribution in [3.63, 3.8) is 0 Å². The summed E-state index contributed by atoms with van der Waals surface area (Å²) in [5.41, 5.74) is 27.2. The molecule has 1 aromatic heterocycles. The van der Waals surface area contributed by atoms with Crippen LogP contribution in [-0.4, -0.2) is 11.3 Å². The third kappa shape index (κ3) is 8.38. The van der Waals surface area contributed by atoms with Crippen molar-refractivity contribution in [1.82, 2.24) is 4.57 Å². The van der Waals surface area contributed by atoms with Crippen molar-refractivity contribution in [3.8, 4) is 61.3 Å². The molecule has 438 valence electrons. The molecule has 18 rings (SSSR count). The molecular formula is C89H64BN3. The lowest BCUT2D eigenvalue weighted by Gasteiger charge is -2.46. The number of rotatable bonds is 9. The molecule has 0 saturated carbocycles. The predicted octanol–water partition coefficient (Wildman–Crippen LogP) is 21.2. The first-order valence-corrected chi connectivity index (χ1v) is 32.2. The van der Waals surface area contributed by atoms with E-state index in [9.17, 15) is 2.74 Å². The van der Waals surface area contributed by atoms with Gasteiger partial charge < -0.3 is 14.4 Å². The monoisotopic (exact) mass is 1190 g/mol. The van der Waals surface area contributed by atoms with Gasteiger partial charge in [-0.2, -0.15) is 0 Å². The fourth-order valence-corrected chi connectivity index (χ4v) is 15.9. The van der Waals surface area contributed by atoms with Crippen LogP contribution >= 0.6 is 0 Å². The molecule has 2 aliphatic heterocycles. The molecule has 0 saturated heterocycles. The summed E-state index contributed by atoms with van der Waals surface area (Å²) in [5, 5.41) is 2.34. The van der Waals surface area contributed by atoms with Gasteiger partial charge in [0.15, 0.2) is 0 Å². The number of aromatic nitrogens is 1. The molecule has 14 aromatic carbocycles. The fourth-order valence-electron chi connectivity index (χ4n) is 15.9. The highest BCUT2D eigenvalue weighted by Gasteiger charge is 2.49. The zero-order valence-electron chi connectivity index (χ0n) is 56.8. The van der Waals surface area contributed by atoms with E-state index >= 15 is 0 Å². The Morgan fingerprint density at radius 3 is 1.51 bits per heavy atom. The van der Waals surface area contributed by atoms with E-state index in [2.05, 4.69) is 326 Å². The van der Waals surface area contributed by atoms with Crippen LogP contribution in [0.25, 0.3) is 83.1 Å². The Labute approximate surface area is 551 Å². The van der Waals surface area contributed by atoms with Gasteiger partial charge >= 0.3 is 0 Å². The summed E-state index contributed by atoms with van der Waals surface area (Å²) in [6.45, 7) is 6.63. The van der Waals surface area contributed by atoms with E-state index in [1.807, 2.05) is 12.1 Å². The lowest BCUT2D eigenvalue weighted by atomic mass is 9.33. The number of para-hydroxylation sites is 3. The molecule has 0 radical (unpaired) electrons. The van der Waals surface area contributed by atoms with Crippen LogP contribution in [-0.2, 0) is 10.8 Å². The first-order chi connectivity index (χ1) is 47.9. The average molecular weight is 1190 g/mol. The molecule has 0 fully saturated rings. The van der Waals surface area contributed by atoms with Crippen LogP contribution in [0.2, 0.25) is 0 Å². The number of nitrogens with zero attached hydrogens (tertiary/aromatic N) is 3. The third-order valence-corrected chi connectivity index (χ3v) is 19.9. The Balaban J connectivity index is 1.01. The van der Waals surface area contributed by atoms with Crippen molar-refractivity contribution >= 4 is 79.0 Å². The smallest absolute Gasteiger partial charge is 0.252 e. The van der Waals surface area contributed by atoms with Gasteiger partial charge in [0.1, 0.15) is 0 Å². The highest BCUT2D eigenvalue weighted by molar-refractivity contribution is 7.00. The molecule has 0 unspecified atom stereocenters. The van der Waals surface area contributed by atoms with Gasteiger partial charge in [0, 0.05) is 56.0 Å². The van der Waals surface area contributed by atoms with E-state index in [-0.39, 0.29) is 41.9 Å². The number of hydrogen-bond acceptors (Lipinski definition) is 2. The minimum absolute atomic E-state index is 0.155. The number of fused-ring (bicyclic) bond motifs is 10. The maximum Gasteiger partial charge on any atom is 0.252 e. The van der Waals surface area contributed by atoms with E-state index in [1.165, 1.54) is 55.2 Å². The maximum atomic E-state index is 9.19. The molecule has 0 atom stereocenters. The third-order valence-electron chi connectivity index (χ3n) is 19.9. The summed E-state index contributed by atoms with van der Waals surface area (Å²) >= 11 is 0. The normalized spacial score (nSPS) is 14.1. The number of hydrogen-bond donors (Lipinski definition) is 0. The second-order valence-corrected chi connectivity index (χ2v) is 25.9. The average Bonchev–Trinajstić information content (AvgIpc) is 1.21. The highest BCUT2D eigenvalue weighted by atomic mass is 15.2. The van der Waals surface area contributed by atoms with Crippen molar-refractivity contribution in [2.24, 2.45) is 0 Å². The summed E-state index contributed by atoms with van der Waals surface area (Å²) in [7, 11) is 0. The van der Waals surface area contributed by atoms with Gasteiger partial charge in [0.05, 0.1) is 29.0 Å². The van der Waals surface area contributed by atoms with E-state index < -0.39 is 11.5 Å². The van der Waals surface area contributed by atoms with Crippen molar-refractivity contribution in [2.45, 2.75) is 31.6 Å². The molecule has 4 heteroatoms. The molecule has 1 aliphatic carbocycles. The molecule has 3 nitrogen and oxygen atoms in total. The Kier molecular flexibility index (Phi) is 11.3. The van der Waals surface area contributed by atoms with Crippen molar-refractivity contribution in [3.05, 3.63) is 361 Å². The first-order valence-electron chi connectivity index (χ1n) is 34.7. The summed E-state index contributed by atoms with van der Waals surface area (Å²) < 4.78 is 46.9. The van der Waals surface area contributed by atoms with E-state index in [0.717, 1.165) is 95.2 Å². The van der Waals surface area contributed by atoms with E-state index in [0.29, 0.717) is 5.56 Å². The molecule has 0 amide bonds. The van der Waals surface area contributed by atoms with Crippen LogP contribution in [0.15, 0.2) is 334 Å². The molecule has 3 aliphatic rings. The minimum atomic E-state index is -0.751. The Morgan fingerprint density at radius 2 is 0.882 bits per heavy atom. The van der Waals surface area contributed by atoms with Crippen molar-refractivity contribution in [1.29, 1.82) is 0 Å². The number of benzene rings is 14. The lowest BCUT2D eigenvalue weighted by Crippen LogP contribution is -2.61. The van der Waals surface area contributed by atoms with Gasteiger partial charge in [-0.05, 0) is 149 Å². The van der Waals surface area contributed by atoms with Gasteiger partial charge in [-0.3, -0.25) is 0 Å². The molecular weight excluding hydrogens is 1120 g/mol. The van der Waals surface area contributed by atoms with Gasteiger partial charge in [-0.1, -0.05) is 300 Å². The SMILES string of the molecule is [2H]c1c([2H])c([2H])c(-c2ccc(N3c4cc(-n5c6ccccc6c6ccccc65)ccc4B4c5cc(C(C)(C)C)ccc5N(c5c(-c6ccccc6)cccc5-c5ccccc5)c5cc(-c6cccc7c6C(c6ccccc6)(c6ccccc6)c6ccccc6-7)cc3c54)cc2)c([2H])c1[2H]. The van der Waals surface area contributed by atoms with Crippen LogP contribution < -0.4 is 26.2 Å². The summed E-state index contributed by atoms with van der Waals surface area (Å²) in [6.07, 6.45) is 0. The van der Waals surface area contributed by atoms with Gasteiger partial charge in [-0.15, -0.1) is 0 Å².